The van der Waals surface area contributed by atoms with Crippen molar-refractivity contribution in [3.63, 3.8) is 0 Å². The van der Waals surface area contributed by atoms with Crippen molar-refractivity contribution < 1.29 is 32.6 Å². The third kappa shape index (κ3) is 9.24. The maximum absolute atomic E-state index is 13.3. The summed E-state index contributed by atoms with van der Waals surface area (Å²) in [6.07, 6.45) is 2.90. The zero-order valence-corrected chi connectivity index (χ0v) is 29.1. The van der Waals surface area contributed by atoms with Gasteiger partial charge in [-0.2, -0.15) is 0 Å². The molecular formula is C38H40F2N6O5. The van der Waals surface area contributed by atoms with Gasteiger partial charge in [-0.3, -0.25) is 9.59 Å². The van der Waals surface area contributed by atoms with Gasteiger partial charge in [0, 0.05) is 23.5 Å². The third-order valence-electron chi connectivity index (χ3n) is 7.95. The summed E-state index contributed by atoms with van der Waals surface area (Å²) in [7, 11) is 0. The second-order valence-corrected chi connectivity index (χ2v) is 13.0. The zero-order chi connectivity index (χ0) is 36.8. The fourth-order valence-electron chi connectivity index (χ4n) is 5.60. The SMILES string of the molecule is CC1(C)NC(=O)Cn2cc(-c3ccc(F)cc3)nc21.CCOC(=O)Cn1cc(-c2ccc(F)cc2)nc1C(C)(C)NC(=O)OCc1ccccc1. The van der Waals surface area contributed by atoms with E-state index in [0.717, 1.165) is 22.6 Å². The van der Waals surface area contributed by atoms with Crippen LogP contribution >= 0.6 is 0 Å². The molecule has 0 spiro atoms. The number of aromatic nitrogens is 4. The van der Waals surface area contributed by atoms with Crippen molar-refractivity contribution in [3.8, 4) is 22.5 Å². The Labute approximate surface area is 294 Å². The number of amides is 2. The van der Waals surface area contributed by atoms with E-state index in [0.29, 0.717) is 17.1 Å². The number of nitrogens with one attached hydrogen (secondary N) is 2. The second kappa shape index (κ2) is 15.4. The number of rotatable bonds is 9. The van der Waals surface area contributed by atoms with Crippen molar-refractivity contribution in [2.75, 3.05) is 6.61 Å². The maximum Gasteiger partial charge on any atom is 0.408 e. The first-order valence-electron chi connectivity index (χ1n) is 16.4. The van der Waals surface area contributed by atoms with Crippen molar-refractivity contribution in [1.82, 2.24) is 29.7 Å². The van der Waals surface area contributed by atoms with Gasteiger partial charge in [-0.15, -0.1) is 0 Å². The third-order valence-corrected chi connectivity index (χ3v) is 7.95. The molecule has 0 aliphatic carbocycles. The molecule has 0 unspecified atom stereocenters. The Morgan fingerprint density at radius 3 is 2.06 bits per heavy atom. The molecule has 2 amide bonds. The van der Waals surface area contributed by atoms with Crippen LogP contribution in [0.4, 0.5) is 13.6 Å². The quantitative estimate of drug-likeness (QED) is 0.169. The van der Waals surface area contributed by atoms with Crippen molar-refractivity contribution in [3.05, 3.63) is 120 Å². The zero-order valence-electron chi connectivity index (χ0n) is 29.1. The number of carbonyl (C=O) groups is 3. The van der Waals surface area contributed by atoms with Gasteiger partial charge in [0.2, 0.25) is 5.91 Å². The van der Waals surface area contributed by atoms with Crippen LogP contribution in [-0.4, -0.2) is 43.7 Å². The van der Waals surface area contributed by atoms with Crippen LogP contribution in [0.2, 0.25) is 0 Å². The molecule has 0 saturated heterocycles. The van der Waals surface area contributed by atoms with E-state index in [4.69, 9.17) is 9.47 Å². The Balaban J connectivity index is 0.000000224. The van der Waals surface area contributed by atoms with E-state index in [2.05, 4.69) is 20.6 Å². The monoisotopic (exact) mass is 698 g/mol. The van der Waals surface area contributed by atoms with Gasteiger partial charge < -0.3 is 29.2 Å². The molecule has 6 rings (SSSR count). The summed E-state index contributed by atoms with van der Waals surface area (Å²) in [6.45, 7) is 9.64. The molecular weight excluding hydrogens is 658 g/mol. The topological polar surface area (TPSA) is 129 Å². The normalized spacial score (nSPS) is 13.3. The fourth-order valence-corrected chi connectivity index (χ4v) is 5.60. The molecule has 0 atom stereocenters. The highest BCUT2D eigenvalue weighted by atomic mass is 19.1. The Morgan fingerprint density at radius 2 is 1.47 bits per heavy atom. The molecule has 11 nitrogen and oxygen atoms in total. The van der Waals surface area contributed by atoms with Crippen LogP contribution in [-0.2, 0) is 49.8 Å². The number of carbonyl (C=O) groups excluding carboxylic acids is 3. The van der Waals surface area contributed by atoms with Gasteiger partial charge in [-0.1, -0.05) is 30.3 Å². The number of benzene rings is 3. The van der Waals surface area contributed by atoms with E-state index in [1.54, 1.807) is 55.8 Å². The van der Waals surface area contributed by atoms with Crippen molar-refractivity contribution in [1.29, 1.82) is 0 Å². The summed E-state index contributed by atoms with van der Waals surface area (Å²) in [5.74, 6) is 0.153. The van der Waals surface area contributed by atoms with Crippen LogP contribution < -0.4 is 10.6 Å². The Kier molecular flexibility index (Phi) is 11.0. The van der Waals surface area contributed by atoms with E-state index < -0.39 is 23.1 Å². The number of hydrogen-bond acceptors (Lipinski definition) is 7. The molecule has 2 aromatic heterocycles. The molecule has 1 aliphatic rings. The molecule has 0 radical (unpaired) electrons. The predicted molar refractivity (Wildman–Crippen MR) is 186 cm³/mol. The molecule has 13 heteroatoms. The molecule has 2 N–H and O–H groups in total. The molecule has 0 fully saturated rings. The van der Waals surface area contributed by atoms with E-state index >= 15 is 0 Å². The minimum absolute atomic E-state index is 0.0273. The van der Waals surface area contributed by atoms with Crippen molar-refractivity contribution >= 4 is 18.0 Å². The average Bonchev–Trinajstić information content (AvgIpc) is 3.71. The standard InChI is InChI=1S/C24H26FN3O4.C14H14FN3O/c1-4-31-21(29)15-28-14-20(18-10-12-19(25)13-11-18)26-22(28)24(2,3)27-23(30)32-16-17-8-6-5-7-9-17;1-14(2)13-16-11(7-18(13)8-12(19)17-14)9-3-5-10(15)6-4-9/h5-14H,4,15-16H2,1-3H3,(H,27,30);3-7H,8H2,1-2H3,(H,17,19). The Morgan fingerprint density at radius 1 is 0.882 bits per heavy atom. The highest BCUT2D eigenvalue weighted by Gasteiger charge is 2.34. The number of ether oxygens (including phenoxy) is 2. The molecule has 3 heterocycles. The van der Waals surface area contributed by atoms with Gasteiger partial charge in [0.15, 0.2) is 0 Å². The van der Waals surface area contributed by atoms with Gasteiger partial charge in [-0.25, -0.2) is 23.5 Å². The number of hydrogen-bond donors (Lipinski definition) is 2. The van der Waals surface area contributed by atoms with Crippen molar-refractivity contribution in [2.24, 2.45) is 0 Å². The van der Waals surface area contributed by atoms with Gasteiger partial charge in [0.05, 0.1) is 29.1 Å². The van der Waals surface area contributed by atoms with Crippen LogP contribution in [0.1, 0.15) is 51.8 Å². The van der Waals surface area contributed by atoms with Gasteiger partial charge in [-0.05, 0) is 88.7 Å². The lowest BCUT2D eigenvalue weighted by Crippen LogP contribution is -2.48. The number of halogens is 2. The minimum Gasteiger partial charge on any atom is -0.465 e. The van der Waals surface area contributed by atoms with E-state index in [1.807, 2.05) is 54.9 Å². The number of fused-ring (bicyclic) bond motifs is 1. The predicted octanol–water partition coefficient (Wildman–Crippen LogP) is 6.47. The first-order valence-corrected chi connectivity index (χ1v) is 16.4. The summed E-state index contributed by atoms with van der Waals surface area (Å²) in [6, 6.07) is 21.4. The lowest BCUT2D eigenvalue weighted by Gasteiger charge is -2.30. The van der Waals surface area contributed by atoms with Crippen molar-refractivity contribution in [2.45, 2.75) is 65.4 Å². The summed E-state index contributed by atoms with van der Waals surface area (Å²) >= 11 is 0. The van der Waals surface area contributed by atoms with Gasteiger partial charge in [0.1, 0.15) is 43.0 Å². The number of nitrogens with zero attached hydrogens (tertiary/aromatic N) is 4. The second-order valence-electron chi connectivity index (χ2n) is 13.0. The molecule has 1 aliphatic heterocycles. The smallest absolute Gasteiger partial charge is 0.408 e. The Bertz CT molecular complexity index is 1990. The average molecular weight is 699 g/mol. The molecule has 51 heavy (non-hydrogen) atoms. The highest BCUT2D eigenvalue weighted by Crippen LogP contribution is 2.28. The first-order chi connectivity index (χ1) is 24.2. The molecule has 3 aromatic carbocycles. The van der Waals surface area contributed by atoms with Crippen LogP contribution in [0.3, 0.4) is 0 Å². The number of alkyl carbamates (subject to hydrolysis) is 1. The summed E-state index contributed by atoms with van der Waals surface area (Å²) in [5, 5.41) is 5.71. The van der Waals surface area contributed by atoms with E-state index in [9.17, 15) is 23.2 Å². The summed E-state index contributed by atoms with van der Waals surface area (Å²) < 4.78 is 40.1. The van der Waals surface area contributed by atoms with E-state index in [1.165, 1.54) is 24.3 Å². The lowest BCUT2D eigenvalue weighted by atomic mass is 10.0. The molecule has 5 aromatic rings. The first kappa shape index (κ1) is 36.4. The van der Waals surface area contributed by atoms with Crippen LogP contribution in [0.25, 0.3) is 22.5 Å². The lowest BCUT2D eigenvalue weighted by molar-refractivity contribution is -0.143. The Hall–Kier alpha value is -5.85. The van der Waals surface area contributed by atoms with Crippen LogP contribution in [0, 0.1) is 11.6 Å². The van der Waals surface area contributed by atoms with Gasteiger partial charge >= 0.3 is 12.1 Å². The summed E-state index contributed by atoms with van der Waals surface area (Å²) in [5.41, 5.74) is 2.20. The maximum atomic E-state index is 13.3. The van der Waals surface area contributed by atoms with E-state index in [-0.39, 0.29) is 43.8 Å². The molecule has 266 valence electrons. The summed E-state index contributed by atoms with van der Waals surface area (Å²) in [4.78, 5) is 45.4. The van der Waals surface area contributed by atoms with Crippen LogP contribution in [0.5, 0.6) is 0 Å². The van der Waals surface area contributed by atoms with Crippen LogP contribution in [0.15, 0.2) is 91.3 Å². The fraction of sp³-hybridized carbons (Fsp3) is 0.289. The number of esters is 1. The van der Waals surface area contributed by atoms with Gasteiger partial charge in [0.25, 0.3) is 0 Å². The largest absolute Gasteiger partial charge is 0.465 e. The highest BCUT2D eigenvalue weighted by molar-refractivity contribution is 5.78. The number of imidazole rings is 2. The minimum atomic E-state index is -0.974. The molecule has 0 saturated carbocycles. The molecule has 0 bridgehead atoms.